The minimum absolute atomic E-state index is 0.0258. The van der Waals surface area contributed by atoms with E-state index in [1.54, 1.807) is 29.1 Å². The van der Waals surface area contributed by atoms with Crippen LogP contribution in [0.4, 0.5) is 8.78 Å². The number of hydrogen-bond donors (Lipinski definition) is 0. The van der Waals surface area contributed by atoms with E-state index >= 15 is 0 Å². The number of ether oxygens (including phenoxy) is 2. The van der Waals surface area contributed by atoms with Gasteiger partial charge in [-0.2, -0.15) is 23.3 Å². The zero-order valence-corrected chi connectivity index (χ0v) is 20.6. The summed E-state index contributed by atoms with van der Waals surface area (Å²) in [5.74, 6) is 1.09. The molecule has 0 aliphatic carbocycles. The highest BCUT2D eigenvalue weighted by Gasteiger charge is 2.33. The maximum atomic E-state index is 13.7. The SMILES string of the molecule is CCn1nccc1CN(CCc1ccc(OC)c(OC)c1)S(=O)(=O)c1c(C)nn(C(F)F)c1C. The smallest absolute Gasteiger partial charge is 0.333 e. The number of rotatable bonds is 11. The number of methoxy groups -OCH3 is 2. The lowest BCUT2D eigenvalue weighted by atomic mass is 10.1. The van der Waals surface area contributed by atoms with Crippen molar-refractivity contribution in [3.8, 4) is 11.5 Å². The third-order valence-electron chi connectivity index (χ3n) is 5.58. The first kappa shape index (κ1) is 25.6. The monoisotopic (exact) mass is 497 g/mol. The summed E-state index contributed by atoms with van der Waals surface area (Å²) in [6.07, 6.45) is 1.96. The normalized spacial score (nSPS) is 12.0. The quantitative estimate of drug-likeness (QED) is 0.402. The van der Waals surface area contributed by atoms with Crippen LogP contribution in [0.5, 0.6) is 11.5 Å². The molecule has 0 aliphatic heterocycles. The standard InChI is InChI=1S/C22H29F2N5O4S/c1-6-28-18(9-11-25-28)14-27(12-10-17-7-8-19(32-4)20(13-17)33-5)34(30,31)21-15(2)26-29(16(21)3)22(23)24/h7-9,11,13,22H,6,10,12,14H2,1-5H3. The molecule has 2 aromatic heterocycles. The van der Waals surface area contributed by atoms with Gasteiger partial charge in [0.05, 0.1) is 37.8 Å². The molecule has 3 aromatic rings. The van der Waals surface area contributed by atoms with Crippen molar-refractivity contribution in [1.29, 1.82) is 0 Å². The van der Waals surface area contributed by atoms with Gasteiger partial charge in [-0.1, -0.05) is 6.07 Å². The van der Waals surface area contributed by atoms with E-state index in [0.717, 1.165) is 5.56 Å². The highest BCUT2D eigenvalue weighted by atomic mass is 32.2. The molecule has 186 valence electrons. The van der Waals surface area contributed by atoms with Gasteiger partial charge in [-0.05, 0) is 51.0 Å². The van der Waals surface area contributed by atoms with Gasteiger partial charge in [-0.3, -0.25) is 4.68 Å². The predicted octanol–water partition coefficient (Wildman–Crippen LogP) is 3.56. The Labute approximate surface area is 197 Å². The molecule has 0 N–H and O–H groups in total. The molecule has 0 atom stereocenters. The number of sulfonamides is 1. The van der Waals surface area contributed by atoms with E-state index in [0.29, 0.717) is 34.8 Å². The van der Waals surface area contributed by atoms with Crippen LogP contribution in [0.2, 0.25) is 0 Å². The summed E-state index contributed by atoms with van der Waals surface area (Å²) in [4.78, 5) is -0.206. The van der Waals surface area contributed by atoms with Gasteiger partial charge in [0.25, 0.3) is 0 Å². The van der Waals surface area contributed by atoms with E-state index in [-0.39, 0.29) is 29.4 Å². The Morgan fingerprint density at radius 1 is 1.12 bits per heavy atom. The molecule has 34 heavy (non-hydrogen) atoms. The maximum absolute atomic E-state index is 13.7. The van der Waals surface area contributed by atoms with E-state index < -0.39 is 16.6 Å². The molecule has 12 heteroatoms. The largest absolute Gasteiger partial charge is 0.493 e. The zero-order chi connectivity index (χ0) is 25.0. The summed E-state index contributed by atoms with van der Waals surface area (Å²) in [6, 6.07) is 7.10. The van der Waals surface area contributed by atoms with Crippen molar-refractivity contribution in [2.75, 3.05) is 20.8 Å². The minimum atomic E-state index is -4.16. The molecule has 0 aliphatic rings. The number of hydrogen-bond acceptors (Lipinski definition) is 6. The van der Waals surface area contributed by atoms with Crippen molar-refractivity contribution in [2.45, 2.75) is 51.7 Å². The van der Waals surface area contributed by atoms with Crippen molar-refractivity contribution in [3.05, 3.63) is 53.1 Å². The molecule has 3 rings (SSSR count). The number of nitrogens with zero attached hydrogens (tertiary/aromatic N) is 5. The minimum Gasteiger partial charge on any atom is -0.493 e. The van der Waals surface area contributed by atoms with Crippen molar-refractivity contribution in [1.82, 2.24) is 23.9 Å². The van der Waals surface area contributed by atoms with Gasteiger partial charge in [-0.25, -0.2) is 13.1 Å². The highest BCUT2D eigenvalue weighted by molar-refractivity contribution is 7.89. The molecule has 1 aromatic carbocycles. The van der Waals surface area contributed by atoms with E-state index in [1.807, 2.05) is 13.0 Å². The predicted molar refractivity (Wildman–Crippen MR) is 122 cm³/mol. The molecule has 0 spiro atoms. The molecule has 0 fully saturated rings. The Bertz CT molecular complexity index is 1240. The molecule has 0 saturated heterocycles. The van der Waals surface area contributed by atoms with E-state index in [9.17, 15) is 17.2 Å². The summed E-state index contributed by atoms with van der Waals surface area (Å²) in [5.41, 5.74) is 1.44. The highest BCUT2D eigenvalue weighted by Crippen LogP contribution is 2.30. The summed E-state index contributed by atoms with van der Waals surface area (Å²) in [5, 5.41) is 7.98. The molecule has 0 unspecified atom stereocenters. The Morgan fingerprint density at radius 3 is 2.41 bits per heavy atom. The zero-order valence-electron chi connectivity index (χ0n) is 19.8. The molecule has 2 heterocycles. The lowest BCUT2D eigenvalue weighted by Crippen LogP contribution is -2.34. The van der Waals surface area contributed by atoms with Gasteiger partial charge >= 0.3 is 6.55 Å². The lowest BCUT2D eigenvalue weighted by Gasteiger charge is -2.23. The van der Waals surface area contributed by atoms with Crippen LogP contribution in [-0.2, 0) is 29.5 Å². The summed E-state index contributed by atoms with van der Waals surface area (Å²) in [7, 11) is -1.10. The second kappa shape index (κ2) is 10.5. The van der Waals surface area contributed by atoms with Crippen molar-refractivity contribution < 1.29 is 26.7 Å². The van der Waals surface area contributed by atoms with E-state index in [2.05, 4.69) is 10.2 Å². The first-order chi connectivity index (χ1) is 16.1. The first-order valence-electron chi connectivity index (χ1n) is 10.7. The molecule has 9 nitrogen and oxygen atoms in total. The van der Waals surface area contributed by atoms with Crippen LogP contribution in [0, 0.1) is 13.8 Å². The van der Waals surface area contributed by atoms with Gasteiger partial charge in [0.2, 0.25) is 10.0 Å². The summed E-state index contributed by atoms with van der Waals surface area (Å²) in [6.45, 7) is 2.41. The van der Waals surface area contributed by atoms with Gasteiger partial charge in [0, 0.05) is 19.3 Å². The van der Waals surface area contributed by atoms with Crippen molar-refractivity contribution in [3.63, 3.8) is 0 Å². The molecular formula is C22H29F2N5O4S. The van der Waals surface area contributed by atoms with Crippen LogP contribution in [0.25, 0.3) is 0 Å². The van der Waals surface area contributed by atoms with Crippen molar-refractivity contribution >= 4 is 10.0 Å². The summed E-state index contributed by atoms with van der Waals surface area (Å²) < 4.78 is 68.2. The molecular weight excluding hydrogens is 468 g/mol. The molecule has 0 saturated carbocycles. The molecule has 0 bridgehead atoms. The van der Waals surface area contributed by atoms with Gasteiger partial charge in [-0.15, -0.1) is 0 Å². The average Bonchev–Trinajstić information content (AvgIpc) is 3.39. The third kappa shape index (κ3) is 5.07. The molecule has 0 amide bonds. The van der Waals surface area contributed by atoms with Crippen LogP contribution >= 0.6 is 0 Å². The van der Waals surface area contributed by atoms with Crippen molar-refractivity contribution in [2.24, 2.45) is 0 Å². The first-order valence-corrected chi connectivity index (χ1v) is 12.1. The Balaban J connectivity index is 1.99. The van der Waals surface area contributed by atoms with Crippen LogP contribution in [0.15, 0.2) is 35.4 Å². The fourth-order valence-corrected chi connectivity index (χ4v) is 5.65. The van der Waals surface area contributed by atoms with E-state index in [4.69, 9.17) is 9.47 Å². The number of benzene rings is 1. The second-order valence-corrected chi connectivity index (χ2v) is 9.51. The average molecular weight is 498 g/mol. The number of aromatic nitrogens is 4. The van der Waals surface area contributed by atoms with E-state index in [1.165, 1.54) is 32.4 Å². The molecule has 0 radical (unpaired) electrons. The van der Waals surface area contributed by atoms with Crippen LogP contribution in [0.1, 0.15) is 36.1 Å². The second-order valence-electron chi connectivity index (χ2n) is 7.64. The maximum Gasteiger partial charge on any atom is 0.333 e. The fourth-order valence-electron chi connectivity index (χ4n) is 3.87. The Morgan fingerprint density at radius 2 is 1.82 bits per heavy atom. The van der Waals surface area contributed by atoms with Crippen LogP contribution < -0.4 is 9.47 Å². The van der Waals surface area contributed by atoms with Gasteiger partial charge in [0.1, 0.15) is 4.90 Å². The lowest BCUT2D eigenvalue weighted by molar-refractivity contribution is 0.0538. The Hall–Kier alpha value is -2.99. The number of alkyl halides is 2. The fraction of sp³-hybridized carbons (Fsp3) is 0.455. The number of aryl methyl sites for hydroxylation is 2. The van der Waals surface area contributed by atoms with Gasteiger partial charge < -0.3 is 9.47 Å². The summed E-state index contributed by atoms with van der Waals surface area (Å²) >= 11 is 0. The van der Waals surface area contributed by atoms with Crippen LogP contribution in [0.3, 0.4) is 0 Å². The topological polar surface area (TPSA) is 91.5 Å². The number of halogens is 2. The van der Waals surface area contributed by atoms with Gasteiger partial charge in [0.15, 0.2) is 11.5 Å². The van der Waals surface area contributed by atoms with Crippen LogP contribution in [-0.4, -0.2) is 53.0 Å². The third-order valence-corrected chi connectivity index (χ3v) is 7.68. The Kier molecular flexibility index (Phi) is 7.93.